The van der Waals surface area contributed by atoms with E-state index in [9.17, 15) is 14.9 Å². The van der Waals surface area contributed by atoms with E-state index in [4.69, 9.17) is 0 Å². The Hall–Kier alpha value is -2.37. The number of hydrogen-bond acceptors (Lipinski definition) is 3. The summed E-state index contributed by atoms with van der Waals surface area (Å²) in [5.41, 5.74) is 0.549. The van der Waals surface area contributed by atoms with E-state index in [0.29, 0.717) is 12.2 Å². The third kappa shape index (κ3) is 3.31. The third-order valence-corrected chi connectivity index (χ3v) is 2.90. The number of urea groups is 1. The predicted molar refractivity (Wildman–Crippen MR) is 72.0 cm³/mol. The van der Waals surface area contributed by atoms with Crippen molar-refractivity contribution in [3.05, 3.63) is 47.0 Å². The van der Waals surface area contributed by atoms with Crippen LogP contribution in [-0.4, -0.2) is 28.4 Å². The molecule has 1 saturated carbocycles. The number of nitrogens with one attached hydrogen (secondary N) is 1. The summed E-state index contributed by atoms with van der Waals surface area (Å²) >= 11 is 0. The lowest BCUT2D eigenvalue weighted by molar-refractivity contribution is -0.384. The molecule has 0 heterocycles. The molecule has 19 heavy (non-hydrogen) atoms. The van der Waals surface area contributed by atoms with Crippen molar-refractivity contribution in [3.63, 3.8) is 0 Å². The molecule has 0 atom stereocenters. The summed E-state index contributed by atoms with van der Waals surface area (Å²) in [6, 6.07) is 5.87. The van der Waals surface area contributed by atoms with Gasteiger partial charge in [-0.05, 0) is 25.0 Å². The van der Waals surface area contributed by atoms with Gasteiger partial charge in [-0.3, -0.25) is 10.1 Å². The Morgan fingerprint density at radius 2 is 2.11 bits per heavy atom. The summed E-state index contributed by atoms with van der Waals surface area (Å²) in [6.45, 7) is 4.14. The Bertz CT molecular complexity index is 494. The van der Waals surface area contributed by atoms with Crippen LogP contribution in [0.15, 0.2) is 36.9 Å². The lowest BCUT2D eigenvalue weighted by Gasteiger charge is -2.21. The highest BCUT2D eigenvalue weighted by Crippen LogP contribution is 2.27. The fraction of sp³-hybridized carbons (Fsp3) is 0.308. The molecular formula is C13H15N3O3. The number of rotatable bonds is 5. The molecule has 6 nitrogen and oxygen atoms in total. The number of carbonyl (C=O) groups excluding carboxylic acids is 1. The summed E-state index contributed by atoms with van der Waals surface area (Å²) in [5.74, 6) is 0. The van der Waals surface area contributed by atoms with Gasteiger partial charge in [-0.1, -0.05) is 6.08 Å². The molecule has 0 aromatic heterocycles. The number of nitro benzene ring substituents is 1. The minimum absolute atomic E-state index is 0.00291. The molecule has 0 radical (unpaired) electrons. The van der Waals surface area contributed by atoms with Gasteiger partial charge in [0, 0.05) is 30.4 Å². The van der Waals surface area contributed by atoms with Gasteiger partial charge in [-0.25, -0.2) is 4.79 Å². The van der Waals surface area contributed by atoms with Gasteiger partial charge in [-0.15, -0.1) is 6.58 Å². The number of amides is 2. The Morgan fingerprint density at radius 3 is 2.58 bits per heavy atom. The first-order chi connectivity index (χ1) is 9.11. The summed E-state index contributed by atoms with van der Waals surface area (Å²) in [6.07, 6.45) is 3.72. The van der Waals surface area contributed by atoms with Crippen molar-refractivity contribution >= 4 is 17.4 Å². The maximum Gasteiger partial charge on any atom is 0.322 e. The first-order valence-electron chi connectivity index (χ1n) is 6.05. The second-order valence-electron chi connectivity index (χ2n) is 4.41. The molecule has 0 aliphatic heterocycles. The summed E-state index contributed by atoms with van der Waals surface area (Å²) in [5, 5.41) is 13.3. The zero-order chi connectivity index (χ0) is 13.8. The summed E-state index contributed by atoms with van der Waals surface area (Å²) in [4.78, 5) is 23.8. The van der Waals surface area contributed by atoms with Gasteiger partial charge >= 0.3 is 6.03 Å². The fourth-order valence-corrected chi connectivity index (χ4v) is 1.78. The van der Waals surface area contributed by atoms with Crippen LogP contribution in [0.1, 0.15) is 12.8 Å². The van der Waals surface area contributed by atoms with E-state index in [1.807, 2.05) is 0 Å². The van der Waals surface area contributed by atoms with Gasteiger partial charge in [-0.2, -0.15) is 0 Å². The van der Waals surface area contributed by atoms with Crippen LogP contribution in [0, 0.1) is 10.1 Å². The third-order valence-electron chi connectivity index (χ3n) is 2.90. The van der Waals surface area contributed by atoms with E-state index in [0.717, 1.165) is 12.8 Å². The molecule has 6 heteroatoms. The van der Waals surface area contributed by atoms with Crippen LogP contribution in [0.2, 0.25) is 0 Å². The topological polar surface area (TPSA) is 75.5 Å². The Labute approximate surface area is 110 Å². The molecule has 1 aliphatic rings. The van der Waals surface area contributed by atoms with Gasteiger partial charge in [0.25, 0.3) is 5.69 Å². The summed E-state index contributed by atoms with van der Waals surface area (Å²) < 4.78 is 0. The van der Waals surface area contributed by atoms with Gasteiger partial charge in [0.15, 0.2) is 0 Å². The quantitative estimate of drug-likeness (QED) is 0.503. The van der Waals surface area contributed by atoms with Crippen molar-refractivity contribution in [1.29, 1.82) is 0 Å². The van der Waals surface area contributed by atoms with Crippen LogP contribution in [0.5, 0.6) is 0 Å². The molecule has 0 saturated heterocycles. The molecule has 2 rings (SSSR count). The van der Waals surface area contributed by atoms with E-state index in [-0.39, 0.29) is 17.8 Å². The number of hydrogen-bond donors (Lipinski definition) is 1. The predicted octanol–water partition coefficient (Wildman–Crippen LogP) is 2.78. The van der Waals surface area contributed by atoms with Gasteiger partial charge < -0.3 is 10.2 Å². The molecule has 100 valence electrons. The number of nitro groups is 1. The Kier molecular flexibility index (Phi) is 3.79. The molecule has 0 bridgehead atoms. The van der Waals surface area contributed by atoms with Gasteiger partial charge in [0.05, 0.1) is 4.92 Å². The summed E-state index contributed by atoms with van der Waals surface area (Å²) in [7, 11) is 0. The number of nitrogens with zero attached hydrogens (tertiary/aromatic N) is 2. The monoisotopic (exact) mass is 261 g/mol. The van der Waals surface area contributed by atoms with Crippen molar-refractivity contribution in [2.24, 2.45) is 0 Å². The van der Waals surface area contributed by atoms with Crippen LogP contribution < -0.4 is 5.32 Å². The zero-order valence-corrected chi connectivity index (χ0v) is 10.4. The van der Waals surface area contributed by atoms with E-state index < -0.39 is 4.92 Å². The highest BCUT2D eigenvalue weighted by molar-refractivity contribution is 5.90. The second kappa shape index (κ2) is 5.51. The normalized spacial score (nSPS) is 13.7. The lowest BCUT2D eigenvalue weighted by atomic mass is 10.3. The van der Waals surface area contributed by atoms with Crippen molar-refractivity contribution in [3.8, 4) is 0 Å². The van der Waals surface area contributed by atoms with Crippen LogP contribution >= 0.6 is 0 Å². The molecule has 0 unspecified atom stereocenters. The molecule has 0 spiro atoms. The number of anilines is 1. The highest BCUT2D eigenvalue weighted by Gasteiger charge is 2.31. The van der Waals surface area contributed by atoms with Crippen molar-refractivity contribution < 1.29 is 9.72 Å². The van der Waals surface area contributed by atoms with Crippen molar-refractivity contribution in [1.82, 2.24) is 4.90 Å². The van der Waals surface area contributed by atoms with E-state index >= 15 is 0 Å². The molecule has 1 aromatic carbocycles. The number of non-ortho nitro benzene ring substituents is 1. The van der Waals surface area contributed by atoms with Crippen LogP contribution in [-0.2, 0) is 0 Å². The van der Waals surface area contributed by atoms with Gasteiger partial charge in [0.1, 0.15) is 0 Å². The maximum atomic E-state index is 12.0. The zero-order valence-electron chi connectivity index (χ0n) is 10.4. The highest BCUT2D eigenvalue weighted by atomic mass is 16.6. The molecular weight excluding hydrogens is 246 g/mol. The van der Waals surface area contributed by atoms with Gasteiger partial charge in [0.2, 0.25) is 0 Å². The lowest BCUT2D eigenvalue weighted by Crippen LogP contribution is -2.36. The minimum atomic E-state index is -0.472. The molecule has 1 aromatic rings. The fourth-order valence-electron chi connectivity index (χ4n) is 1.78. The van der Waals surface area contributed by atoms with Crippen molar-refractivity contribution in [2.75, 3.05) is 11.9 Å². The minimum Gasteiger partial charge on any atom is -0.318 e. The smallest absolute Gasteiger partial charge is 0.318 e. The average Bonchev–Trinajstić information content (AvgIpc) is 3.20. The maximum absolute atomic E-state index is 12.0. The number of benzene rings is 1. The standard InChI is InChI=1S/C13H15N3O3/c1-2-9-15(11-7-8-11)13(17)14-10-3-5-12(6-4-10)16(18)19/h2-6,11H,1,7-9H2,(H,14,17). The first-order valence-corrected chi connectivity index (χ1v) is 6.05. The molecule has 2 amide bonds. The Balaban J connectivity index is 2.00. The Morgan fingerprint density at radius 1 is 1.47 bits per heavy atom. The van der Waals surface area contributed by atoms with Crippen LogP contribution in [0.4, 0.5) is 16.2 Å². The van der Waals surface area contributed by atoms with Crippen LogP contribution in [0.3, 0.4) is 0 Å². The van der Waals surface area contributed by atoms with E-state index in [1.165, 1.54) is 24.3 Å². The number of carbonyl (C=O) groups is 1. The van der Waals surface area contributed by atoms with Crippen molar-refractivity contribution in [2.45, 2.75) is 18.9 Å². The van der Waals surface area contributed by atoms with E-state index in [2.05, 4.69) is 11.9 Å². The molecule has 1 N–H and O–H groups in total. The SMILES string of the molecule is C=CCN(C(=O)Nc1ccc([N+](=O)[O-])cc1)C1CC1. The molecule has 1 fully saturated rings. The second-order valence-corrected chi connectivity index (χ2v) is 4.41. The average molecular weight is 261 g/mol. The largest absolute Gasteiger partial charge is 0.322 e. The van der Waals surface area contributed by atoms with Crippen LogP contribution in [0.25, 0.3) is 0 Å². The van der Waals surface area contributed by atoms with E-state index in [1.54, 1.807) is 11.0 Å². The first kappa shape index (κ1) is 13.1. The molecule has 1 aliphatic carbocycles.